The van der Waals surface area contributed by atoms with Gasteiger partial charge in [0.1, 0.15) is 6.04 Å². The van der Waals surface area contributed by atoms with Crippen molar-refractivity contribution in [3.63, 3.8) is 0 Å². The van der Waals surface area contributed by atoms with Gasteiger partial charge in [0.15, 0.2) is 5.13 Å². The van der Waals surface area contributed by atoms with Crippen LogP contribution in [0.15, 0.2) is 0 Å². The van der Waals surface area contributed by atoms with Gasteiger partial charge in [0.2, 0.25) is 0 Å². The summed E-state index contributed by atoms with van der Waals surface area (Å²) in [5.74, 6) is -2.38. The molecule has 9 heteroatoms. The number of aliphatic carboxylic acids is 2. The predicted molar refractivity (Wildman–Crippen MR) is 74.6 cm³/mol. The molecule has 0 saturated carbocycles. The molecule has 0 aromatic carbocycles. The Bertz CT molecular complexity index is 550. The van der Waals surface area contributed by atoms with Crippen LogP contribution in [0.1, 0.15) is 29.8 Å². The lowest BCUT2D eigenvalue weighted by Gasteiger charge is -2.13. The van der Waals surface area contributed by atoms with E-state index in [0.29, 0.717) is 5.13 Å². The number of carboxylic acids is 2. The molecule has 0 radical (unpaired) electrons. The van der Waals surface area contributed by atoms with Gasteiger partial charge in [0, 0.05) is 11.3 Å². The number of urea groups is 1. The van der Waals surface area contributed by atoms with Crippen molar-refractivity contribution in [1.82, 2.24) is 10.3 Å². The Hall–Kier alpha value is -2.16. The first kappa shape index (κ1) is 15.2. The second-order valence-corrected chi connectivity index (χ2v) is 5.75. The SMILES string of the molecule is O=C(O)CC[C@H](NC(=O)Nc1nc2c(s1)CCC2)C(=O)O. The largest absolute Gasteiger partial charge is 0.481 e. The number of nitrogens with one attached hydrogen (secondary N) is 2. The summed E-state index contributed by atoms with van der Waals surface area (Å²) in [5, 5.41) is 22.7. The summed E-state index contributed by atoms with van der Waals surface area (Å²) in [5.41, 5.74) is 0.982. The molecule has 1 aliphatic carbocycles. The molecule has 8 nitrogen and oxygen atoms in total. The quantitative estimate of drug-likeness (QED) is 0.622. The Morgan fingerprint density at radius 3 is 2.67 bits per heavy atom. The van der Waals surface area contributed by atoms with Gasteiger partial charge in [-0.15, -0.1) is 11.3 Å². The summed E-state index contributed by atoms with van der Waals surface area (Å²) in [6.45, 7) is 0. The Labute approximate surface area is 124 Å². The zero-order valence-corrected chi connectivity index (χ0v) is 11.9. The standard InChI is InChI=1S/C12H15N3O5S/c16-9(17)5-4-7(10(18)19)13-11(20)15-12-14-6-2-1-3-8(6)21-12/h7H,1-5H2,(H,16,17)(H,18,19)(H2,13,14,15,20)/t7-/m0/s1. The second kappa shape index (κ2) is 6.53. The molecule has 1 atom stereocenters. The van der Waals surface area contributed by atoms with Gasteiger partial charge in [-0.3, -0.25) is 10.1 Å². The summed E-state index contributed by atoms with van der Waals surface area (Å²) in [6, 6.07) is -1.94. The van der Waals surface area contributed by atoms with Crippen LogP contribution in [0.5, 0.6) is 0 Å². The first-order valence-corrected chi connectivity index (χ1v) is 7.28. The number of hydrogen-bond donors (Lipinski definition) is 4. The summed E-state index contributed by atoms with van der Waals surface area (Å²) >= 11 is 1.38. The molecule has 4 N–H and O–H groups in total. The first-order valence-electron chi connectivity index (χ1n) is 6.46. The molecule has 0 saturated heterocycles. The zero-order valence-electron chi connectivity index (χ0n) is 11.1. The highest BCUT2D eigenvalue weighted by Crippen LogP contribution is 2.30. The number of carboxylic acid groups (broad SMARTS) is 2. The van der Waals surface area contributed by atoms with E-state index in [-0.39, 0.29) is 12.8 Å². The molecule has 0 bridgehead atoms. The topological polar surface area (TPSA) is 129 Å². The lowest BCUT2D eigenvalue weighted by Crippen LogP contribution is -2.43. The van der Waals surface area contributed by atoms with Crippen molar-refractivity contribution in [3.8, 4) is 0 Å². The van der Waals surface area contributed by atoms with Gasteiger partial charge in [0.05, 0.1) is 5.69 Å². The molecule has 0 spiro atoms. The van der Waals surface area contributed by atoms with Crippen molar-refractivity contribution in [2.45, 2.75) is 38.1 Å². The number of carbonyl (C=O) groups excluding carboxylic acids is 1. The fraction of sp³-hybridized carbons (Fsp3) is 0.500. The van der Waals surface area contributed by atoms with Gasteiger partial charge >= 0.3 is 18.0 Å². The minimum Gasteiger partial charge on any atom is -0.481 e. The predicted octanol–water partition coefficient (Wildman–Crippen LogP) is 1.07. The molecule has 1 aromatic rings. The average Bonchev–Trinajstić information content (AvgIpc) is 2.94. The van der Waals surface area contributed by atoms with E-state index in [0.717, 1.165) is 29.8 Å². The maximum atomic E-state index is 11.7. The van der Waals surface area contributed by atoms with Gasteiger partial charge < -0.3 is 15.5 Å². The van der Waals surface area contributed by atoms with Crippen molar-refractivity contribution in [2.24, 2.45) is 0 Å². The number of aryl methyl sites for hydroxylation is 2. The van der Waals surface area contributed by atoms with Gasteiger partial charge in [-0.05, 0) is 25.7 Å². The zero-order chi connectivity index (χ0) is 15.4. The Kier molecular flexibility index (Phi) is 4.73. The summed E-state index contributed by atoms with van der Waals surface area (Å²) in [6.07, 6.45) is 2.41. The van der Waals surface area contributed by atoms with Crippen molar-refractivity contribution in [1.29, 1.82) is 0 Å². The van der Waals surface area contributed by atoms with Gasteiger partial charge in [0.25, 0.3) is 0 Å². The molecule has 2 rings (SSSR count). The number of hydrogen-bond acceptors (Lipinski definition) is 5. The maximum Gasteiger partial charge on any atom is 0.326 e. The third-order valence-electron chi connectivity index (χ3n) is 3.07. The van der Waals surface area contributed by atoms with E-state index in [1.165, 1.54) is 11.3 Å². The molecule has 1 heterocycles. The van der Waals surface area contributed by atoms with Crippen LogP contribution in [0.2, 0.25) is 0 Å². The van der Waals surface area contributed by atoms with Crippen LogP contribution in [-0.2, 0) is 22.4 Å². The molecular formula is C12H15N3O5S. The number of fused-ring (bicyclic) bond motifs is 1. The number of aromatic nitrogens is 1. The summed E-state index contributed by atoms with van der Waals surface area (Å²) < 4.78 is 0. The highest BCUT2D eigenvalue weighted by atomic mass is 32.1. The summed E-state index contributed by atoms with van der Waals surface area (Å²) in [4.78, 5) is 38.6. The van der Waals surface area contributed by atoms with Gasteiger partial charge in [-0.1, -0.05) is 0 Å². The molecule has 2 amide bonds. The lowest BCUT2D eigenvalue weighted by atomic mass is 10.1. The smallest absolute Gasteiger partial charge is 0.326 e. The van der Waals surface area contributed by atoms with Crippen LogP contribution in [0.4, 0.5) is 9.93 Å². The monoisotopic (exact) mass is 313 g/mol. The number of thiazole rings is 1. The molecule has 0 unspecified atom stereocenters. The third kappa shape index (κ3) is 4.15. The van der Waals surface area contributed by atoms with E-state index in [9.17, 15) is 14.4 Å². The van der Waals surface area contributed by atoms with Crippen LogP contribution in [0, 0.1) is 0 Å². The second-order valence-electron chi connectivity index (χ2n) is 4.66. The number of rotatable bonds is 6. The minimum absolute atomic E-state index is 0.174. The normalized spacial score (nSPS) is 14.3. The van der Waals surface area contributed by atoms with Gasteiger partial charge in [-0.25, -0.2) is 14.6 Å². The maximum absolute atomic E-state index is 11.7. The van der Waals surface area contributed by atoms with E-state index >= 15 is 0 Å². The Balaban J connectivity index is 1.89. The molecule has 0 aliphatic heterocycles. The number of nitrogens with zero attached hydrogens (tertiary/aromatic N) is 1. The van der Waals surface area contributed by atoms with Crippen LogP contribution >= 0.6 is 11.3 Å². The highest BCUT2D eigenvalue weighted by Gasteiger charge is 2.22. The van der Waals surface area contributed by atoms with Crippen molar-refractivity contribution >= 4 is 34.4 Å². The van der Waals surface area contributed by atoms with Crippen LogP contribution in [-0.4, -0.2) is 39.2 Å². The van der Waals surface area contributed by atoms with E-state index in [1.807, 2.05) is 0 Å². The fourth-order valence-electron chi connectivity index (χ4n) is 2.06. The van der Waals surface area contributed by atoms with Crippen LogP contribution in [0.3, 0.4) is 0 Å². The lowest BCUT2D eigenvalue weighted by molar-refractivity contribution is -0.140. The van der Waals surface area contributed by atoms with Crippen molar-refractivity contribution in [2.75, 3.05) is 5.32 Å². The Morgan fingerprint density at radius 1 is 1.29 bits per heavy atom. The molecule has 0 fully saturated rings. The average molecular weight is 313 g/mol. The summed E-state index contributed by atoms with van der Waals surface area (Å²) in [7, 11) is 0. The number of carbonyl (C=O) groups is 3. The molecular weight excluding hydrogens is 298 g/mol. The first-order chi connectivity index (χ1) is 9.95. The third-order valence-corrected chi connectivity index (χ3v) is 4.14. The Morgan fingerprint density at radius 2 is 2.05 bits per heavy atom. The highest BCUT2D eigenvalue weighted by molar-refractivity contribution is 7.15. The van der Waals surface area contributed by atoms with Crippen LogP contribution in [0.25, 0.3) is 0 Å². The molecule has 1 aromatic heterocycles. The molecule has 21 heavy (non-hydrogen) atoms. The minimum atomic E-state index is -1.27. The number of amides is 2. The van der Waals surface area contributed by atoms with Gasteiger partial charge in [-0.2, -0.15) is 0 Å². The molecule has 114 valence electrons. The van der Waals surface area contributed by atoms with Crippen LogP contribution < -0.4 is 10.6 Å². The van der Waals surface area contributed by atoms with Crippen molar-refractivity contribution in [3.05, 3.63) is 10.6 Å². The van der Waals surface area contributed by atoms with E-state index in [4.69, 9.17) is 10.2 Å². The van der Waals surface area contributed by atoms with E-state index in [1.54, 1.807) is 0 Å². The van der Waals surface area contributed by atoms with E-state index in [2.05, 4.69) is 15.6 Å². The fourth-order valence-corrected chi connectivity index (χ4v) is 3.11. The molecule has 1 aliphatic rings. The number of anilines is 1. The van der Waals surface area contributed by atoms with E-state index < -0.39 is 24.0 Å². The van der Waals surface area contributed by atoms with Crippen molar-refractivity contribution < 1.29 is 24.6 Å².